The van der Waals surface area contributed by atoms with Crippen molar-refractivity contribution < 1.29 is 24.2 Å². The third kappa shape index (κ3) is 2.76. The van der Waals surface area contributed by atoms with Crippen LogP contribution in [0, 0.1) is 0 Å². The molecule has 1 N–H and O–H groups in total. The monoisotopic (exact) mass is 278 g/mol. The van der Waals surface area contributed by atoms with E-state index in [9.17, 15) is 14.7 Å². The fourth-order valence-corrected chi connectivity index (χ4v) is 2.12. The quantitative estimate of drug-likeness (QED) is 0.799. The van der Waals surface area contributed by atoms with Crippen LogP contribution in [0.4, 0.5) is 0 Å². The first kappa shape index (κ1) is 14.4. The molecule has 1 aromatic carbocycles. The molecule has 0 saturated carbocycles. The van der Waals surface area contributed by atoms with Crippen LogP contribution in [0.2, 0.25) is 0 Å². The van der Waals surface area contributed by atoms with Gasteiger partial charge >= 0.3 is 11.9 Å². The minimum Gasteiger partial charge on any atom is -0.506 e. The number of phenolic OH excluding ortho intramolecular Hbond substituents is 1. The molecule has 0 amide bonds. The molecule has 5 heteroatoms. The molecule has 5 nitrogen and oxygen atoms in total. The maximum Gasteiger partial charge on any atom is 0.342 e. The van der Waals surface area contributed by atoms with Gasteiger partial charge in [-0.1, -0.05) is 6.07 Å². The van der Waals surface area contributed by atoms with Crippen molar-refractivity contribution in [1.82, 2.24) is 0 Å². The zero-order chi connectivity index (χ0) is 15.1. The van der Waals surface area contributed by atoms with Gasteiger partial charge < -0.3 is 14.6 Å². The molecule has 2 rings (SSSR count). The minimum absolute atomic E-state index is 0.0230. The predicted molar refractivity (Wildman–Crippen MR) is 71.9 cm³/mol. The summed E-state index contributed by atoms with van der Waals surface area (Å²) in [6.45, 7) is 6.97. The van der Waals surface area contributed by atoms with E-state index in [4.69, 9.17) is 9.47 Å². The molecule has 108 valence electrons. The van der Waals surface area contributed by atoms with E-state index in [-0.39, 0.29) is 23.0 Å². The summed E-state index contributed by atoms with van der Waals surface area (Å²) in [6.07, 6.45) is 0.283. The van der Waals surface area contributed by atoms with Gasteiger partial charge in [-0.25, -0.2) is 9.59 Å². The number of hydrogen-bond donors (Lipinski definition) is 1. The molecule has 0 radical (unpaired) electrons. The van der Waals surface area contributed by atoms with Crippen molar-refractivity contribution >= 4 is 11.9 Å². The van der Waals surface area contributed by atoms with Crippen molar-refractivity contribution in [3.05, 3.63) is 28.8 Å². The van der Waals surface area contributed by atoms with Crippen molar-refractivity contribution in [2.75, 3.05) is 0 Å². The Kier molecular flexibility index (Phi) is 3.46. The topological polar surface area (TPSA) is 72.8 Å². The number of esters is 2. The van der Waals surface area contributed by atoms with Gasteiger partial charge in [0.25, 0.3) is 0 Å². The summed E-state index contributed by atoms with van der Waals surface area (Å²) in [5.74, 6) is -1.64. The average molecular weight is 278 g/mol. The SMILES string of the molecule is CC1Cc2ccc(C(=O)OC(C)(C)C)c(O)c2C(=O)O1. The first-order valence-electron chi connectivity index (χ1n) is 6.48. The van der Waals surface area contributed by atoms with E-state index in [1.165, 1.54) is 6.07 Å². The van der Waals surface area contributed by atoms with E-state index in [0.29, 0.717) is 12.0 Å². The highest BCUT2D eigenvalue weighted by Gasteiger charge is 2.30. The number of benzene rings is 1. The van der Waals surface area contributed by atoms with Gasteiger partial charge in [0, 0.05) is 6.42 Å². The molecule has 1 unspecified atom stereocenters. The van der Waals surface area contributed by atoms with Crippen molar-refractivity contribution in [1.29, 1.82) is 0 Å². The third-order valence-corrected chi connectivity index (χ3v) is 2.90. The summed E-state index contributed by atoms with van der Waals surface area (Å²) in [5, 5.41) is 10.2. The summed E-state index contributed by atoms with van der Waals surface area (Å²) < 4.78 is 10.3. The molecule has 1 aliphatic rings. The summed E-state index contributed by atoms with van der Waals surface area (Å²) >= 11 is 0. The molecule has 20 heavy (non-hydrogen) atoms. The highest BCUT2D eigenvalue weighted by atomic mass is 16.6. The Morgan fingerprint density at radius 1 is 1.40 bits per heavy atom. The lowest BCUT2D eigenvalue weighted by Gasteiger charge is -2.24. The molecular formula is C15H18O5. The number of carbonyl (C=O) groups excluding carboxylic acids is 2. The predicted octanol–water partition coefficient (Wildman–Crippen LogP) is 2.45. The van der Waals surface area contributed by atoms with Crippen LogP contribution in [-0.4, -0.2) is 28.8 Å². The smallest absolute Gasteiger partial charge is 0.342 e. The number of phenols is 1. The Morgan fingerprint density at radius 3 is 2.65 bits per heavy atom. The van der Waals surface area contributed by atoms with Gasteiger partial charge in [0.15, 0.2) is 0 Å². The molecule has 1 aliphatic heterocycles. The third-order valence-electron chi connectivity index (χ3n) is 2.90. The zero-order valence-electron chi connectivity index (χ0n) is 12.0. The van der Waals surface area contributed by atoms with Crippen LogP contribution in [0.25, 0.3) is 0 Å². The molecule has 0 saturated heterocycles. The Hall–Kier alpha value is -2.04. The van der Waals surface area contributed by atoms with Gasteiger partial charge in [0.2, 0.25) is 0 Å². The number of ether oxygens (including phenoxy) is 2. The Morgan fingerprint density at radius 2 is 2.05 bits per heavy atom. The first-order valence-corrected chi connectivity index (χ1v) is 6.48. The minimum atomic E-state index is -0.672. The highest BCUT2D eigenvalue weighted by Crippen LogP contribution is 2.32. The fraction of sp³-hybridized carbons (Fsp3) is 0.467. The largest absolute Gasteiger partial charge is 0.506 e. The van der Waals surface area contributed by atoms with E-state index in [1.54, 1.807) is 33.8 Å². The van der Waals surface area contributed by atoms with Crippen LogP contribution in [0.1, 0.15) is 54.0 Å². The second kappa shape index (κ2) is 4.81. The van der Waals surface area contributed by atoms with Gasteiger partial charge in [-0.2, -0.15) is 0 Å². The Balaban J connectivity index is 2.41. The summed E-state index contributed by atoms with van der Waals surface area (Å²) in [7, 11) is 0. The van der Waals surface area contributed by atoms with Crippen LogP contribution in [-0.2, 0) is 15.9 Å². The molecular weight excluding hydrogens is 260 g/mol. The maximum atomic E-state index is 12.0. The van der Waals surface area contributed by atoms with Gasteiger partial charge in [0.1, 0.15) is 28.6 Å². The molecule has 0 bridgehead atoms. The van der Waals surface area contributed by atoms with E-state index in [2.05, 4.69) is 0 Å². The Labute approximate surface area is 117 Å². The van der Waals surface area contributed by atoms with Gasteiger partial charge in [0.05, 0.1) is 0 Å². The Bertz CT molecular complexity index is 568. The summed E-state index contributed by atoms with van der Waals surface area (Å²) in [5.41, 5.74) is 0.0456. The van der Waals surface area contributed by atoms with Crippen molar-refractivity contribution in [3.63, 3.8) is 0 Å². The van der Waals surface area contributed by atoms with Crippen molar-refractivity contribution in [3.8, 4) is 5.75 Å². The van der Waals surface area contributed by atoms with E-state index < -0.39 is 17.5 Å². The maximum absolute atomic E-state index is 12.0. The lowest BCUT2D eigenvalue weighted by atomic mass is 9.95. The normalized spacial score (nSPS) is 18.2. The lowest BCUT2D eigenvalue weighted by molar-refractivity contribution is 0.00666. The summed E-state index contributed by atoms with van der Waals surface area (Å²) in [6, 6.07) is 3.14. The number of fused-ring (bicyclic) bond motifs is 1. The highest BCUT2D eigenvalue weighted by molar-refractivity contribution is 6.01. The van der Waals surface area contributed by atoms with Crippen LogP contribution in [0.5, 0.6) is 5.75 Å². The molecule has 1 heterocycles. The number of carbonyl (C=O) groups is 2. The van der Waals surface area contributed by atoms with Gasteiger partial charge in [-0.3, -0.25) is 0 Å². The van der Waals surface area contributed by atoms with Crippen molar-refractivity contribution in [2.45, 2.75) is 45.8 Å². The summed E-state index contributed by atoms with van der Waals surface area (Å²) in [4.78, 5) is 23.8. The second-order valence-corrected chi connectivity index (χ2v) is 5.92. The molecule has 1 atom stereocenters. The molecule has 0 fully saturated rings. The average Bonchev–Trinajstić information content (AvgIpc) is 2.25. The van der Waals surface area contributed by atoms with Crippen LogP contribution in [0.15, 0.2) is 12.1 Å². The number of rotatable bonds is 1. The number of cyclic esters (lactones) is 1. The van der Waals surface area contributed by atoms with E-state index >= 15 is 0 Å². The van der Waals surface area contributed by atoms with Crippen LogP contribution < -0.4 is 0 Å². The van der Waals surface area contributed by atoms with E-state index in [1.807, 2.05) is 0 Å². The molecule has 0 aliphatic carbocycles. The lowest BCUT2D eigenvalue weighted by Crippen LogP contribution is -2.27. The molecule has 0 spiro atoms. The second-order valence-electron chi connectivity index (χ2n) is 5.92. The molecule has 0 aromatic heterocycles. The number of hydrogen-bond acceptors (Lipinski definition) is 5. The van der Waals surface area contributed by atoms with Crippen LogP contribution >= 0.6 is 0 Å². The zero-order valence-corrected chi connectivity index (χ0v) is 12.0. The van der Waals surface area contributed by atoms with Crippen molar-refractivity contribution in [2.24, 2.45) is 0 Å². The number of aromatic hydroxyl groups is 1. The fourth-order valence-electron chi connectivity index (χ4n) is 2.12. The van der Waals surface area contributed by atoms with E-state index in [0.717, 1.165) is 0 Å². The first-order chi connectivity index (χ1) is 9.19. The van der Waals surface area contributed by atoms with Crippen LogP contribution in [0.3, 0.4) is 0 Å². The van der Waals surface area contributed by atoms with Gasteiger partial charge in [-0.15, -0.1) is 0 Å². The standard InChI is InChI=1S/C15H18O5/c1-8-7-9-5-6-10(13(17)20-15(2,3)4)12(16)11(9)14(18)19-8/h5-6,8,16H,7H2,1-4H3. The van der Waals surface area contributed by atoms with Gasteiger partial charge in [-0.05, 0) is 39.3 Å². The molecule has 1 aromatic rings.